The maximum absolute atomic E-state index is 11.8. The van der Waals surface area contributed by atoms with Gasteiger partial charge in [0, 0.05) is 5.75 Å². The first-order valence-corrected chi connectivity index (χ1v) is 10.9. The zero-order valence-corrected chi connectivity index (χ0v) is 18.1. The van der Waals surface area contributed by atoms with E-state index in [2.05, 4.69) is 80.3 Å². The SMILES string of the molecule is CC/C=C\C/C=C\C/C=C\C/C=C\CC/C=C/CC(CC)C(=O)OCCS. The van der Waals surface area contributed by atoms with Crippen LogP contribution in [0, 0.1) is 5.92 Å². The number of unbranched alkanes of at least 4 members (excludes halogenated alkanes) is 1. The standard InChI is InChI=1S/C24H38O2S/c1-3-5-6-7-8-9-10-11-12-13-14-15-16-17-18-19-20-23(4-2)24(25)26-21-22-27/h5-6,8-9,11-12,14-15,18-19,23,27H,3-4,7,10,13,16-17,20-22H2,1-2H3/b6-5-,9-8-,12-11-,15-14-,19-18+. The molecule has 0 aromatic rings. The van der Waals surface area contributed by atoms with Gasteiger partial charge in [-0.1, -0.05) is 74.6 Å². The molecule has 0 heterocycles. The van der Waals surface area contributed by atoms with Crippen molar-refractivity contribution in [3.05, 3.63) is 60.8 Å². The molecule has 0 aliphatic heterocycles. The third-order valence-electron chi connectivity index (χ3n) is 3.97. The van der Waals surface area contributed by atoms with Crippen molar-refractivity contribution >= 4 is 18.6 Å². The van der Waals surface area contributed by atoms with Gasteiger partial charge in [0.25, 0.3) is 0 Å². The third kappa shape index (κ3) is 17.7. The van der Waals surface area contributed by atoms with Crippen LogP contribution in [-0.2, 0) is 9.53 Å². The molecule has 0 fully saturated rings. The Kier molecular flexibility index (Phi) is 19.7. The van der Waals surface area contributed by atoms with Gasteiger partial charge in [-0.15, -0.1) is 0 Å². The van der Waals surface area contributed by atoms with Crippen LogP contribution in [0.3, 0.4) is 0 Å². The van der Waals surface area contributed by atoms with E-state index in [-0.39, 0.29) is 11.9 Å². The fourth-order valence-corrected chi connectivity index (χ4v) is 2.45. The Bertz CT molecular complexity index is 487. The Morgan fingerprint density at radius 1 is 0.815 bits per heavy atom. The number of thiol groups is 1. The lowest BCUT2D eigenvalue weighted by Gasteiger charge is -2.11. The summed E-state index contributed by atoms with van der Waals surface area (Å²) < 4.78 is 5.15. The normalized spacial score (nSPS) is 13.7. The summed E-state index contributed by atoms with van der Waals surface area (Å²) in [5.74, 6) is 0.445. The van der Waals surface area contributed by atoms with Gasteiger partial charge < -0.3 is 4.74 Å². The van der Waals surface area contributed by atoms with Gasteiger partial charge >= 0.3 is 5.97 Å². The summed E-state index contributed by atoms with van der Waals surface area (Å²) in [4.78, 5) is 11.8. The summed E-state index contributed by atoms with van der Waals surface area (Å²) in [6.45, 7) is 4.57. The van der Waals surface area contributed by atoms with Gasteiger partial charge in [0.05, 0.1) is 5.92 Å². The molecule has 0 saturated heterocycles. The second kappa shape index (κ2) is 20.8. The van der Waals surface area contributed by atoms with Crippen LogP contribution in [0.5, 0.6) is 0 Å². The molecule has 0 bridgehead atoms. The van der Waals surface area contributed by atoms with Crippen LogP contribution >= 0.6 is 12.6 Å². The maximum atomic E-state index is 11.8. The van der Waals surface area contributed by atoms with E-state index in [1.807, 2.05) is 6.92 Å². The molecule has 27 heavy (non-hydrogen) atoms. The maximum Gasteiger partial charge on any atom is 0.309 e. The second-order valence-corrected chi connectivity index (χ2v) is 6.73. The Morgan fingerprint density at radius 2 is 1.33 bits per heavy atom. The molecular formula is C24H38O2S. The number of rotatable bonds is 16. The summed E-state index contributed by atoms with van der Waals surface area (Å²) in [5.41, 5.74) is 0. The number of ether oxygens (including phenoxy) is 1. The van der Waals surface area contributed by atoms with Gasteiger partial charge in [-0.3, -0.25) is 4.79 Å². The highest BCUT2D eigenvalue weighted by Crippen LogP contribution is 2.12. The summed E-state index contributed by atoms with van der Waals surface area (Å²) in [7, 11) is 0. The molecule has 0 rings (SSSR count). The molecule has 2 nitrogen and oxygen atoms in total. The first kappa shape index (κ1) is 25.5. The number of carbonyl (C=O) groups excluding carboxylic acids is 1. The van der Waals surface area contributed by atoms with Crippen molar-refractivity contribution < 1.29 is 9.53 Å². The molecule has 0 aromatic carbocycles. The molecule has 152 valence electrons. The number of allylic oxidation sites excluding steroid dienone is 10. The van der Waals surface area contributed by atoms with Crippen LogP contribution in [0.1, 0.15) is 65.2 Å². The number of hydrogen-bond donors (Lipinski definition) is 1. The van der Waals surface area contributed by atoms with E-state index in [9.17, 15) is 4.79 Å². The highest BCUT2D eigenvalue weighted by Gasteiger charge is 2.15. The lowest BCUT2D eigenvalue weighted by atomic mass is 10.0. The smallest absolute Gasteiger partial charge is 0.309 e. The molecular weight excluding hydrogens is 352 g/mol. The topological polar surface area (TPSA) is 26.3 Å². The minimum Gasteiger partial charge on any atom is -0.465 e. The van der Waals surface area contributed by atoms with E-state index < -0.39 is 0 Å². The minimum absolute atomic E-state index is 0.0291. The van der Waals surface area contributed by atoms with Crippen LogP contribution in [0.2, 0.25) is 0 Å². The number of esters is 1. The zero-order chi connectivity index (χ0) is 20.0. The number of carbonyl (C=O) groups is 1. The fraction of sp³-hybridized carbons (Fsp3) is 0.542. The van der Waals surface area contributed by atoms with Crippen molar-refractivity contribution in [2.45, 2.75) is 65.2 Å². The second-order valence-electron chi connectivity index (χ2n) is 6.28. The van der Waals surface area contributed by atoms with Gasteiger partial charge in [0.15, 0.2) is 0 Å². The van der Waals surface area contributed by atoms with Crippen LogP contribution in [0.15, 0.2) is 60.8 Å². The van der Waals surface area contributed by atoms with E-state index in [1.54, 1.807) is 0 Å². The van der Waals surface area contributed by atoms with Gasteiger partial charge in [0.1, 0.15) is 6.61 Å². The molecule has 0 radical (unpaired) electrons. The Morgan fingerprint density at radius 3 is 1.85 bits per heavy atom. The monoisotopic (exact) mass is 390 g/mol. The van der Waals surface area contributed by atoms with E-state index in [4.69, 9.17) is 4.74 Å². The highest BCUT2D eigenvalue weighted by atomic mass is 32.1. The van der Waals surface area contributed by atoms with Gasteiger partial charge in [-0.2, -0.15) is 12.6 Å². The summed E-state index contributed by atoms with van der Waals surface area (Å²) in [5, 5.41) is 0. The van der Waals surface area contributed by atoms with Crippen molar-refractivity contribution in [1.82, 2.24) is 0 Å². The van der Waals surface area contributed by atoms with E-state index >= 15 is 0 Å². The first-order chi connectivity index (χ1) is 13.3. The lowest BCUT2D eigenvalue weighted by molar-refractivity contribution is -0.147. The van der Waals surface area contributed by atoms with E-state index in [0.29, 0.717) is 12.4 Å². The highest BCUT2D eigenvalue weighted by molar-refractivity contribution is 7.80. The van der Waals surface area contributed by atoms with Crippen molar-refractivity contribution in [1.29, 1.82) is 0 Å². The Hall–Kier alpha value is -1.48. The summed E-state index contributed by atoms with van der Waals surface area (Å²) in [6, 6.07) is 0. The molecule has 0 saturated carbocycles. The molecule has 0 amide bonds. The summed E-state index contributed by atoms with van der Waals surface area (Å²) >= 11 is 4.05. The Labute approximate surface area is 172 Å². The molecule has 1 atom stereocenters. The first-order valence-electron chi connectivity index (χ1n) is 10.3. The predicted molar refractivity (Wildman–Crippen MR) is 122 cm³/mol. The van der Waals surface area contributed by atoms with Gasteiger partial charge in [-0.05, 0) is 51.4 Å². The molecule has 0 aliphatic rings. The average molecular weight is 391 g/mol. The van der Waals surface area contributed by atoms with E-state index in [0.717, 1.165) is 51.4 Å². The van der Waals surface area contributed by atoms with E-state index in [1.165, 1.54) is 0 Å². The minimum atomic E-state index is -0.102. The lowest BCUT2D eigenvalue weighted by Crippen LogP contribution is -2.17. The molecule has 0 N–H and O–H groups in total. The molecule has 1 unspecified atom stereocenters. The van der Waals surface area contributed by atoms with Crippen LogP contribution in [-0.4, -0.2) is 18.3 Å². The molecule has 0 aliphatic carbocycles. The zero-order valence-electron chi connectivity index (χ0n) is 17.2. The van der Waals surface area contributed by atoms with Gasteiger partial charge in [-0.25, -0.2) is 0 Å². The Balaban J connectivity index is 3.73. The fourth-order valence-electron chi connectivity index (χ4n) is 2.36. The molecule has 0 aromatic heterocycles. The third-order valence-corrected chi connectivity index (χ3v) is 4.15. The van der Waals surface area contributed by atoms with Crippen molar-refractivity contribution in [2.24, 2.45) is 5.92 Å². The van der Waals surface area contributed by atoms with Crippen molar-refractivity contribution in [2.75, 3.05) is 12.4 Å². The van der Waals surface area contributed by atoms with Crippen molar-refractivity contribution in [3.8, 4) is 0 Å². The van der Waals surface area contributed by atoms with Crippen LogP contribution < -0.4 is 0 Å². The van der Waals surface area contributed by atoms with Crippen LogP contribution in [0.25, 0.3) is 0 Å². The molecule has 3 heteroatoms. The predicted octanol–water partition coefficient (Wildman–Crippen LogP) is 7.02. The number of hydrogen-bond acceptors (Lipinski definition) is 3. The van der Waals surface area contributed by atoms with Gasteiger partial charge in [0.2, 0.25) is 0 Å². The average Bonchev–Trinajstić information content (AvgIpc) is 2.68. The quantitative estimate of drug-likeness (QED) is 0.133. The largest absolute Gasteiger partial charge is 0.465 e. The summed E-state index contributed by atoms with van der Waals surface area (Å²) in [6.07, 6.45) is 29.7. The van der Waals surface area contributed by atoms with Crippen LogP contribution in [0.4, 0.5) is 0 Å². The molecule has 0 spiro atoms. The van der Waals surface area contributed by atoms with Crippen molar-refractivity contribution in [3.63, 3.8) is 0 Å².